The Morgan fingerprint density at radius 1 is 1.30 bits per heavy atom. The molecule has 2 N–H and O–H groups in total. The second-order valence-electron chi connectivity index (χ2n) is 6.93. The lowest BCUT2D eigenvalue weighted by atomic mass is 9.87. The summed E-state index contributed by atoms with van der Waals surface area (Å²) in [4.78, 5) is 30.4. The predicted molar refractivity (Wildman–Crippen MR) is 99.0 cm³/mol. The number of nitrogens with one attached hydrogen (secondary N) is 2. The lowest BCUT2D eigenvalue weighted by Gasteiger charge is -2.29. The molecule has 1 aromatic heterocycles. The highest BCUT2D eigenvalue weighted by Gasteiger charge is 2.24. The van der Waals surface area contributed by atoms with Crippen molar-refractivity contribution in [2.45, 2.75) is 25.3 Å². The number of anilines is 1. The molecule has 140 valence electrons. The lowest BCUT2D eigenvalue weighted by Crippen LogP contribution is -2.47. The third-order valence-electron chi connectivity index (χ3n) is 5.11. The molecule has 6 nitrogen and oxygen atoms in total. The fraction of sp³-hybridized carbons (Fsp3) is 0.350. The Labute approximate surface area is 156 Å². The molecule has 0 bridgehead atoms. The lowest BCUT2D eigenvalue weighted by molar-refractivity contribution is -0.120. The standard InChI is InChI=1S/C20H21FN4O2/c21-14-5-4-13-2-1-3-17(16(13)10-14)24-20(27)18-11-15(6-7-22-18)25-9-8-23-19(26)12-25/h4-7,10-11,17H,1-3,8-9,12H2,(H,23,26)(H,24,27)/t17-/m1/s1. The van der Waals surface area contributed by atoms with E-state index in [1.54, 1.807) is 24.4 Å². The van der Waals surface area contributed by atoms with Crippen LogP contribution in [0.2, 0.25) is 0 Å². The fourth-order valence-electron chi connectivity index (χ4n) is 3.75. The molecule has 27 heavy (non-hydrogen) atoms. The van der Waals surface area contributed by atoms with Crippen LogP contribution in [0.25, 0.3) is 0 Å². The first-order valence-corrected chi connectivity index (χ1v) is 9.17. The Bertz CT molecular complexity index is 886. The maximum absolute atomic E-state index is 13.7. The van der Waals surface area contributed by atoms with E-state index < -0.39 is 0 Å². The summed E-state index contributed by atoms with van der Waals surface area (Å²) >= 11 is 0. The topological polar surface area (TPSA) is 74.3 Å². The number of piperazine rings is 1. The van der Waals surface area contributed by atoms with Crippen LogP contribution in [0.3, 0.4) is 0 Å². The number of amides is 2. The molecule has 2 aromatic rings. The van der Waals surface area contributed by atoms with Crippen LogP contribution >= 0.6 is 0 Å². The molecule has 1 aliphatic carbocycles. The second-order valence-corrected chi connectivity index (χ2v) is 6.93. The van der Waals surface area contributed by atoms with Gasteiger partial charge in [-0.1, -0.05) is 6.07 Å². The van der Waals surface area contributed by atoms with Crippen molar-refractivity contribution < 1.29 is 14.0 Å². The van der Waals surface area contributed by atoms with Gasteiger partial charge in [-0.05, 0) is 54.7 Å². The molecule has 1 atom stereocenters. The minimum atomic E-state index is -0.293. The van der Waals surface area contributed by atoms with E-state index in [4.69, 9.17) is 0 Å². The summed E-state index contributed by atoms with van der Waals surface area (Å²) in [7, 11) is 0. The van der Waals surface area contributed by atoms with Gasteiger partial charge in [0, 0.05) is 25.0 Å². The van der Waals surface area contributed by atoms with E-state index in [9.17, 15) is 14.0 Å². The van der Waals surface area contributed by atoms with E-state index in [2.05, 4.69) is 15.6 Å². The molecular weight excluding hydrogens is 347 g/mol. The van der Waals surface area contributed by atoms with Gasteiger partial charge in [-0.2, -0.15) is 0 Å². The number of pyridine rings is 1. The highest BCUT2D eigenvalue weighted by Crippen LogP contribution is 2.30. The average Bonchev–Trinajstić information content (AvgIpc) is 2.68. The van der Waals surface area contributed by atoms with Crippen LogP contribution in [0.15, 0.2) is 36.5 Å². The van der Waals surface area contributed by atoms with Gasteiger partial charge in [-0.25, -0.2) is 4.39 Å². The largest absolute Gasteiger partial charge is 0.360 e. The van der Waals surface area contributed by atoms with Crippen molar-refractivity contribution in [3.63, 3.8) is 0 Å². The van der Waals surface area contributed by atoms with Crippen LogP contribution in [0.5, 0.6) is 0 Å². The van der Waals surface area contributed by atoms with Crippen LogP contribution in [-0.2, 0) is 11.2 Å². The van der Waals surface area contributed by atoms with Gasteiger partial charge in [0.25, 0.3) is 5.91 Å². The quantitative estimate of drug-likeness (QED) is 0.869. The Balaban J connectivity index is 1.52. The van der Waals surface area contributed by atoms with Gasteiger partial charge < -0.3 is 15.5 Å². The number of carbonyl (C=O) groups is 2. The Morgan fingerprint density at radius 3 is 3.04 bits per heavy atom. The normalized spacial score (nSPS) is 19.2. The van der Waals surface area contributed by atoms with Crippen LogP contribution in [0.4, 0.5) is 10.1 Å². The molecule has 1 aromatic carbocycles. The Hall–Kier alpha value is -2.96. The second kappa shape index (κ2) is 7.34. The van der Waals surface area contributed by atoms with Gasteiger partial charge in [0.1, 0.15) is 11.5 Å². The van der Waals surface area contributed by atoms with E-state index in [0.29, 0.717) is 18.8 Å². The van der Waals surface area contributed by atoms with Crippen molar-refractivity contribution in [1.82, 2.24) is 15.6 Å². The van der Waals surface area contributed by atoms with Gasteiger partial charge in [-0.3, -0.25) is 14.6 Å². The van der Waals surface area contributed by atoms with Crippen molar-refractivity contribution in [3.8, 4) is 0 Å². The van der Waals surface area contributed by atoms with Crippen LogP contribution in [0.1, 0.15) is 40.5 Å². The predicted octanol–water partition coefficient (Wildman–Crippen LogP) is 1.96. The van der Waals surface area contributed by atoms with Crippen LogP contribution in [0, 0.1) is 5.82 Å². The van der Waals surface area contributed by atoms with E-state index in [1.807, 2.05) is 4.90 Å². The Kier molecular flexibility index (Phi) is 4.75. The number of nitrogens with zero attached hydrogens (tertiary/aromatic N) is 2. The first-order valence-electron chi connectivity index (χ1n) is 9.17. The first kappa shape index (κ1) is 17.5. The number of carbonyl (C=O) groups excluding carboxylic acids is 2. The molecule has 1 saturated heterocycles. The van der Waals surface area contributed by atoms with Gasteiger partial charge in [0.2, 0.25) is 5.91 Å². The van der Waals surface area contributed by atoms with Crippen molar-refractivity contribution in [2.75, 3.05) is 24.5 Å². The third kappa shape index (κ3) is 3.77. The number of benzene rings is 1. The SMILES string of the molecule is O=C1CN(c2ccnc(C(=O)N[C@@H]3CCCc4ccc(F)cc43)c2)CCN1. The smallest absolute Gasteiger partial charge is 0.270 e. The number of aryl methyl sites for hydroxylation is 1. The van der Waals surface area contributed by atoms with Crippen molar-refractivity contribution in [2.24, 2.45) is 0 Å². The summed E-state index contributed by atoms with van der Waals surface area (Å²) in [6, 6.07) is 8.04. The van der Waals surface area contributed by atoms with Gasteiger partial charge in [0.15, 0.2) is 0 Å². The summed E-state index contributed by atoms with van der Waals surface area (Å²) in [5, 5.41) is 5.77. The molecule has 7 heteroatoms. The number of rotatable bonds is 3. The maximum Gasteiger partial charge on any atom is 0.270 e. The molecule has 2 heterocycles. The molecule has 0 saturated carbocycles. The molecule has 1 fully saturated rings. The van der Waals surface area contributed by atoms with Crippen molar-refractivity contribution >= 4 is 17.5 Å². The van der Waals surface area contributed by atoms with Gasteiger partial charge >= 0.3 is 0 Å². The van der Waals surface area contributed by atoms with E-state index in [1.165, 1.54) is 12.1 Å². The minimum Gasteiger partial charge on any atom is -0.360 e. The number of aromatic nitrogens is 1. The zero-order chi connectivity index (χ0) is 18.8. The number of hydrogen-bond acceptors (Lipinski definition) is 4. The highest BCUT2D eigenvalue weighted by atomic mass is 19.1. The first-order chi connectivity index (χ1) is 13.1. The minimum absolute atomic E-state index is 0.0371. The zero-order valence-electron chi connectivity index (χ0n) is 14.9. The number of halogens is 1. The monoisotopic (exact) mass is 368 g/mol. The third-order valence-corrected chi connectivity index (χ3v) is 5.11. The zero-order valence-corrected chi connectivity index (χ0v) is 14.9. The van der Waals surface area contributed by atoms with Crippen LogP contribution < -0.4 is 15.5 Å². The Morgan fingerprint density at radius 2 is 2.19 bits per heavy atom. The van der Waals surface area contributed by atoms with E-state index >= 15 is 0 Å². The molecule has 0 unspecified atom stereocenters. The summed E-state index contributed by atoms with van der Waals surface area (Å²) in [6.07, 6.45) is 4.19. The molecule has 4 rings (SSSR count). The van der Waals surface area contributed by atoms with Crippen molar-refractivity contribution in [3.05, 3.63) is 59.2 Å². The molecule has 0 radical (unpaired) electrons. The summed E-state index contributed by atoms with van der Waals surface area (Å²) in [5.41, 5.74) is 3.01. The summed E-state index contributed by atoms with van der Waals surface area (Å²) < 4.78 is 13.7. The molecular formula is C20H21FN4O2. The molecule has 1 aliphatic heterocycles. The summed E-state index contributed by atoms with van der Waals surface area (Å²) in [6.45, 7) is 1.53. The fourth-order valence-corrected chi connectivity index (χ4v) is 3.75. The molecule has 2 aliphatic rings. The van der Waals surface area contributed by atoms with Gasteiger partial charge in [-0.15, -0.1) is 0 Å². The van der Waals surface area contributed by atoms with Gasteiger partial charge in [0.05, 0.1) is 12.6 Å². The molecule has 0 spiro atoms. The number of hydrogen-bond donors (Lipinski definition) is 2. The highest BCUT2D eigenvalue weighted by molar-refractivity contribution is 5.93. The number of fused-ring (bicyclic) bond motifs is 1. The molecule has 2 amide bonds. The average molecular weight is 368 g/mol. The maximum atomic E-state index is 13.7. The van der Waals surface area contributed by atoms with E-state index in [0.717, 1.165) is 36.1 Å². The van der Waals surface area contributed by atoms with Crippen molar-refractivity contribution in [1.29, 1.82) is 0 Å². The van der Waals surface area contributed by atoms with Crippen LogP contribution in [-0.4, -0.2) is 36.4 Å². The van der Waals surface area contributed by atoms with E-state index in [-0.39, 0.29) is 30.2 Å². The summed E-state index contributed by atoms with van der Waals surface area (Å²) in [5.74, 6) is -0.622.